The van der Waals surface area contributed by atoms with Gasteiger partial charge < -0.3 is 14.6 Å². The van der Waals surface area contributed by atoms with Gasteiger partial charge >= 0.3 is 5.97 Å². The standard InChI is InChI=1S/C21H20N2O3.C16H18O2/c1-14(2)20(24)13-16-5-7-17(8-6-16)22-23-18-9-11-19(12-10-18)26-21(25)15(3)4;1-2-3-12-18-16-10-6-14(7-11-16)13-4-8-15(17)9-5-13/h5-12H,1,3,13H2,2,4H3;4-11,17H,2-3,12H2,1H3. The van der Waals surface area contributed by atoms with Gasteiger partial charge in [-0.25, -0.2) is 4.79 Å². The van der Waals surface area contributed by atoms with Crippen LogP contribution < -0.4 is 9.47 Å². The van der Waals surface area contributed by atoms with Crippen molar-refractivity contribution in [3.8, 4) is 28.4 Å². The molecule has 0 aliphatic rings. The van der Waals surface area contributed by atoms with Crippen LogP contribution in [0.25, 0.3) is 11.1 Å². The molecule has 0 saturated heterocycles. The smallest absolute Gasteiger partial charge is 0.338 e. The third-order valence-corrected chi connectivity index (χ3v) is 6.28. The summed E-state index contributed by atoms with van der Waals surface area (Å²) in [5.41, 5.74) is 5.30. The number of unbranched alkanes of at least 4 members (excludes halogenated alkanes) is 1. The molecule has 0 heterocycles. The van der Waals surface area contributed by atoms with Gasteiger partial charge in [-0.05, 0) is 103 Å². The first-order valence-corrected chi connectivity index (χ1v) is 14.3. The summed E-state index contributed by atoms with van der Waals surface area (Å²) in [5.74, 6) is 1.17. The van der Waals surface area contributed by atoms with Gasteiger partial charge in [0, 0.05) is 12.0 Å². The van der Waals surface area contributed by atoms with E-state index in [9.17, 15) is 14.7 Å². The van der Waals surface area contributed by atoms with Gasteiger partial charge in [-0.1, -0.05) is 62.9 Å². The first-order valence-electron chi connectivity index (χ1n) is 14.3. The lowest BCUT2D eigenvalue weighted by molar-refractivity contribution is -0.130. The van der Waals surface area contributed by atoms with Gasteiger partial charge in [-0.2, -0.15) is 10.2 Å². The fraction of sp³-hybridized carbons (Fsp3) is 0.189. The number of carbonyl (C=O) groups excluding carboxylic acids is 2. The fourth-order valence-electron chi connectivity index (χ4n) is 3.64. The van der Waals surface area contributed by atoms with Crippen LogP contribution in [-0.2, 0) is 16.0 Å². The van der Waals surface area contributed by atoms with Crippen LogP contribution in [0.2, 0.25) is 0 Å². The van der Waals surface area contributed by atoms with Crippen molar-refractivity contribution >= 4 is 23.1 Å². The minimum Gasteiger partial charge on any atom is -0.508 e. The van der Waals surface area contributed by atoms with Crippen LogP contribution in [-0.4, -0.2) is 23.5 Å². The largest absolute Gasteiger partial charge is 0.508 e. The zero-order valence-corrected chi connectivity index (χ0v) is 25.5. The van der Waals surface area contributed by atoms with E-state index in [2.05, 4.69) is 30.3 Å². The molecular formula is C37H38N2O5. The lowest BCUT2D eigenvalue weighted by Gasteiger charge is -2.07. The molecule has 0 spiro atoms. The van der Waals surface area contributed by atoms with Gasteiger partial charge in [-0.15, -0.1) is 0 Å². The highest BCUT2D eigenvalue weighted by Crippen LogP contribution is 2.25. The molecule has 4 aromatic rings. The number of azo groups is 1. The zero-order chi connectivity index (χ0) is 31.9. The Kier molecular flexibility index (Phi) is 12.8. The average molecular weight is 591 g/mol. The van der Waals surface area contributed by atoms with E-state index in [1.807, 2.05) is 48.5 Å². The molecule has 0 bridgehead atoms. The minimum atomic E-state index is -0.468. The van der Waals surface area contributed by atoms with Crippen molar-refractivity contribution in [2.45, 2.75) is 40.0 Å². The van der Waals surface area contributed by atoms with Crippen molar-refractivity contribution in [3.05, 3.63) is 127 Å². The Morgan fingerprint density at radius 3 is 1.70 bits per heavy atom. The Balaban J connectivity index is 0.000000257. The topological polar surface area (TPSA) is 97.6 Å². The number of carbonyl (C=O) groups is 2. The molecule has 4 rings (SSSR count). The molecule has 226 valence electrons. The van der Waals surface area contributed by atoms with E-state index in [0.29, 0.717) is 40.4 Å². The second-order valence-corrected chi connectivity index (χ2v) is 10.2. The van der Waals surface area contributed by atoms with Crippen LogP contribution in [0.5, 0.6) is 17.2 Å². The Labute approximate surface area is 259 Å². The minimum absolute atomic E-state index is 0.0202. The molecule has 7 heteroatoms. The number of phenolic OH excluding ortho intramolecular Hbond substituents is 1. The maximum absolute atomic E-state index is 11.7. The Bertz CT molecular complexity index is 1500. The molecule has 0 aliphatic heterocycles. The van der Waals surface area contributed by atoms with E-state index >= 15 is 0 Å². The number of nitrogens with zero attached hydrogens (tertiary/aromatic N) is 2. The lowest BCUT2D eigenvalue weighted by atomic mass is 10.1. The Morgan fingerprint density at radius 2 is 1.20 bits per heavy atom. The normalized spacial score (nSPS) is 10.4. The molecule has 4 aromatic carbocycles. The molecule has 7 nitrogen and oxygen atoms in total. The first-order chi connectivity index (χ1) is 21.1. The van der Waals surface area contributed by atoms with E-state index in [1.54, 1.807) is 62.4 Å². The molecule has 0 saturated carbocycles. The maximum Gasteiger partial charge on any atom is 0.338 e. The van der Waals surface area contributed by atoms with E-state index < -0.39 is 5.97 Å². The van der Waals surface area contributed by atoms with E-state index in [4.69, 9.17) is 9.47 Å². The highest BCUT2D eigenvalue weighted by atomic mass is 16.5. The summed E-state index contributed by atoms with van der Waals surface area (Å²) in [5, 5.41) is 17.5. The van der Waals surface area contributed by atoms with Crippen LogP contribution in [0.15, 0.2) is 132 Å². The van der Waals surface area contributed by atoms with Gasteiger partial charge in [0.05, 0.1) is 18.0 Å². The molecule has 0 atom stereocenters. The van der Waals surface area contributed by atoms with Crippen LogP contribution in [0, 0.1) is 0 Å². The van der Waals surface area contributed by atoms with Crippen molar-refractivity contribution in [3.63, 3.8) is 0 Å². The number of ketones is 1. The van der Waals surface area contributed by atoms with Crippen LogP contribution in [0.3, 0.4) is 0 Å². The predicted octanol–water partition coefficient (Wildman–Crippen LogP) is 9.51. The lowest BCUT2D eigenvalue weighted by Crippen LogP contribution is -2.07. The van der Waals surface area contributed by atoms with Crippen molar-refractivity contribution < 1.29 is 24.2 Å². The molecular weight excluding hydrogens is 552 g/mol. The van der Waals surface area contributed by atoms with Gasteiger partial charge in [0.2, 0.25) is 0 Å². The summed E-state index contributed by atoms with van der Waals surface area (Å²) in [6.45, 7) is 13.4. The average Bonchev–Trinajstić information content (AvgIpc) is 3.02. The molecule has 0 aliphatic carbocycles. The number of hydrogen-bond donors (Lipinski definition) is 1. The number of esters is 1. The number of Topliss-reactive ketones (excluding diaryl/α,β-unsaturated/α-hetero) is 1. The SMILES string of the molecule is C=C(C)C(=O)Cc1ccc(N=Nc2ccc(OC(=O)C(=C)C)cc2)cc1.CCCCOc1ccc(-c2ccc(O)cc2)cc1. The number of benzene rings is 4. The van der Waals surface area contributed by atoms with Gasteiger partial charge in [0.15, 0.2) is 5.78 Å². The molecule has 0 radical (unpaired) electrons. The van der Waals surface area contributed by atoms with Crippen molar-refractivity contribution in [2.75, 3.05) is 6.61 Å². The summed E-state index contributed by atoms with van der Waals surface area (Å²) >= 11 is 0. The van der Waals surface area contributed by atoms with Crippen LogP contribution in [0.1, 0.15) is 39.2 Å². The fourth-order valence-corrected chi connectivity index (χ4v) is 3.64. The summed E-state index contributed by atoms with van der Waals surface area (Å²) < 4.78 is 10.7. The highest BCUT2D eigenvalue weighted by molar-refractivity contribution is 5.95. The molecule has 0 fully saturated rings. The number of phenols is 1. The van der Waals surface area contributed by atoms with Gasteiger partial charge in [0.1, 0.15) is 17.2 Å². The second-order valence-electron chi connectivity index (χ2n) is 10.2. The quantitative estimate of drug-likeness (QED) is 0.0582. The monoisotopic (exact) mass is 590 g/mol. The third-order valence-electron chi connectivity index (χ3n) is 6.28. The van der Waals surface area contributed by atoms with Crippen molar-refractivity contribution in [1.82, 2.24) is 0 Å². The zero-order valence-electron chi connectivity index (χ0n) is 25.5. The molecule has 0 amide bonds. The summed E-state index contributed by atoms with van der Waals surface area (Å²) in [4.78, 5) is 23.1. The molecule has 44 heavy (non-hydrogen) atoms. The maximum atomic E-state index is 11.7. The summed E-state index contributed by atoms with van der Waals surface area (Å²) in [6, 6.07) is 29.2. The number of hydrogen-bond acceptors (Lipinski definition) is 7. The summed E-state index contributed by atoms with van der Waals surface area (Å²) in [7, 11) is 0. The Hall–Kier alpha value is -5.30. The number of rotatable bonds is 12. The first kappa shape index (κ1) is 33.2. The van der Waals surface area contributed by atoms with Crippen molar-refractivity contribution in [1.29, 1.82) is 0 Å². The third kappa shape index (κ3) is 11.2. The highest BCUT2D eigenvalue weighted by Gasteiger charge is 2.06. The predicted molar refractivity (Wildman–Crippen MR) is 175 cm³/mol. The molecule has 0 aromatic heterocycles. The summed E-state index contributed by atoms with van der Waals surface area (Å²) in [6.07, 6.45) is 2.56. The number of allylic oxidation sites excluding steroid dienone is 1. The number of ether oxygens (including phenoxy) is 2. The van der Waals surface area contributed by atoms with Gasteiger partial charge in [-0.3, -0.25) is 4.79 Å². The van der Waals surface area contributed by atoms with E-state index in [-0.39, 0.29) is 5.78 Å². The van der Waals surface area contributed by atoms with E-state index in [1.165, 1.54) is 0 Å². The van der Waals surface area contributed by atoms with Crippen molar-refractivity contribution in [2.24, 2.45) is 10.2 Å². The molecule has 1 N–H and O–H groups in total. The van der Waals surface area contributed by atoms with Gasteiger partial charge in [0.25, 0.3) is 0 Å². The second kappa shape index (κ2) is 17.0. The Morgan fingerprint density at radius 1 is 0.705 bits per heavy atom. The number of aromatic hydroxyl groups is 1. The van der Waals surface area contributed by atoms with Crippen LogP contribution >= 0.6 is 0 Å². The molecule has 0 unspecified atom stereocenters. The van der Waals surface area contributed by atoms with Crippen LogP contribution in [0.4, 0.5) is 11.4 Å². The van der Waals surface area contributed by atoms with E-state index in [0.717, 1.165) is 41.9 Å².